The molecule has 0 amide bonds. The summed E-state index contributed by atoms with van der Waals surface area (Å²) < 4.78 is 0. The van der Waals surface area contributed by atoms with Crippen molar-refractivity contribution < 1.29 is 0 Å². The lowest BCUT2D eigenvalue weighted by Gasteiger charge is -2.22. The molecule has 14 heavy (non-hydrogen) atoms. The van der Waals surface area contributed by atoms with Crippen LogP contribution >= 0.6 is 0 Å². The molecular weight excluding hydrogens is 172 g/mol. The molecule has 1 fully saturated rings. The van der Waals surface area contributed by atoms with Crippen LogP contribution < -0.4 is 4.90 Å². The molecule has 2 heteroatoms. The molecule has 0 atom stereocenters. The molecule has 1 aliphatic rings. The van der Waals surface area contributed by atoms with Gasteiger partial charge in [-0.05, 0) is 38.2 Å². The minimum atomic E-state index is 1.14. The van der Waals surface area contributed by atoms with Crippen molar-refractivity contribution in [3.63, 3.8) is 0 Å². The number of nitrogens with zero attached hydrogens (tertiary/aromatic N) is 2. The third-order valence-electron chi connectivity index (χ3n) is 2.79. The second-order valence-electron chi connectivity index (χ2n) is 3.90. The van der Waals surface area contributed by atoms with Crippen LogP contribution in [0.2, 0.25) is 0 Å². The van der Waals surface area contributed by atoms with Crippen molar-refractivity contribution in [2.24, 2.45) is 0 Å². The Labute approximate surface area is 86.1 Å². The second-order valence-corrected chi connectivity index (χ2v) is 3.90. The van der Waals surface area contributed by atoms with E-state index in [-0.39, 0.29) is 0 Å². The number of anilines is 1. The Bertz CT molecular complexity index is 271. The van der Waals surface area contributed by atoms with Crippen molar-refractivity contribution in [1.29, 1.82) is 0 Å². The molecule has 0 saturated carbocycles. The quantitative estimate of drug-likeness (QED) is 0.662. The van der Waals surface area contributed by atoms with Crippen LogP contribution in [0, 0.1) is 6.07 Å². The molecule has 0 aromatic heterocycles. The van der Waals surface area contributed by atoms with Gasteiger partial charge in [0.15, 0.2) is 0 Å². The Morgan fingerprint density at radius 3 is 2.64 bits per heavy atom. The van der Waals surface area contributed by atoms with E-state index in [1.165, 1.54) is 31.7 Å². The molecule has 1 saturated heterocycles. The van der Waals surface area contributed by atoms with E-state index in [0.29, 0.717) is 0 Å². The Kier molecular flexibility index (Phi) is 3.04. The van der Waals surface area contributed by atoms with Crippen molar-refractivity contribution >= 4 is 5.69 Å². The standard InChI is InChI=1S/C12H17N2/c1-13-8-5-9-14(11-10-13)12-6-3-2-4-7-12/h3-4,6-7H,5,8-11H2,1H3. The van der Waals surface area contributed by atoms with Gasteiger partial charge in [-0.1, -0.05) is 12.1 Å². The highest BCUT2D eigenvalue weighted by Crippen LogP contribution is 2.14. The summed E-state index contributed by atoms with van der Waals surface area (Å²) in [7, 11) is 2.20. The summed E-state index contributed by atoms with van der Waals surface area (Å²) in [6, 6.07) is 11.3. The van der Waals surface area contributed by atoms with Crippen LogP contribution in [-0.2, 0) is 0 Å². The van der Waals surface area contributed by atoms with Gasteiger partial charge in [-0.3, -0.25) is 0 Å². The van der Waals surface area contributed by atoms with Crippen molar-refractivity contribution in [3.8, 4) is 0 Å². The first-order valence-electron chi connectivity index (χ1n) is 5.26. The number of likely N-dealkylation sites (N-methyl/N-ethyl adjacent to an activating group) is 1. The molecule has 1 aliphatic heterocycles. The monoisotopic (exact) mass is 189 g/mol. The maximum absolute atomic E-state index is 3.06. The minimum absolute atomic E-state index is 1.14. The number of rotatable bonds is 1. The van der Waals surface area contributed by atoms with Crippen LogP contribution in [0.5, 0.6) is 0 Å². The van der Waals surface area contributed by atoms with Crippen molar-refractivity contribution in [2.75, 3.05) is 38.1 Å². The number of hydrogen-bond acceptors (Lipinski definition) is 2. The molecule has 2 nitrogen and oxygen atoms in total. The van der Waals surface area contributed by atoms with Crippen molar-refractivity contribution in [2.45, 2.75) is 6.42 Å². The van der Waals surface area contributed by atoms with Crippen LogP contribution in [-0.4, -0.2) is 38.1 Å². The highest BCUT2D eigenvalue weighted by Gasteiger charge is 2.11. The van der Waals surface area contributed by atoms with Crippen LogP contribution in [0.3, 0.4) is 0 Å². The first-order chi connectivity index (χ1) is 6.86. The van der Waals surface area contributed by atoms with Gasteiger partial charge in [0.25, 0.3) is 0 Å². The predicted octanol–water partition coefficient (Wildman–Crippen LogP) is 1.63. The Hall–Kier alpha value is -1.02. The summed E-state index contributed by atoms with van der Waals surface area (Å²) in [5.41, 5.74) is 1.33. The van der Waals surface area contributed by atoms with E-state index in [2.05, 4.69) is 35.0 Å². The zero-order chi connectivity index (χ0) is 9.80. The number of hydrogen-bond donors (Lipinski definition) is 0. The summed E-state index contributed by atoms with van der Waals surface area (Å²) in [4.78, 5) is 4.85. The van der Waals surface area contributed by atoms with Gasteiger partial charge in [0.1, 0.15) is 0 Å². The van der Waals surface area contributed by atoms with Gasteiger partial charge in [-0.2, -0.15) is 0 Å². The molecule has 1 radical (unpaired) electrons. The van der Waals surface area contributed by atoms with Gasteiger partial charge < -0.3 is 9.80 Å². The first kappa shape index (κ1) is 9.53. The van der Waals surface area contributed by atoms with E-state index in [4.69, 9.17) is 0 Å². The topological polar surface area (TPSA) is 6.48 Å². The highest BCUT2D eigenvalue weighted by atomic mass is 15.2. The highest BCUT2D eigenvalue weighted by molar-refractivity contribution is 5.45. The molecule has 0 N–H and O–H groups in total. The summed E-state index contributed by atoms with van der Waals surface area (Å²) >= 11 is 0. The molecule has 1 aromatic rings. The lowest BCUT2D eigenvalue weighted by Crippen LogP contribution is -2.28. The zero-order valence-electron chi connectivity index (χ0n) is 8.74. The molecule has 1 heterocycles. The molecular formula is C12H17N2. The van der Waals surface area contributed by atoms with Gasteiger partial charge in [-0.25, -0.2) is 0 Å². The minimum Gasteiger partial charge on any atom is -0.370 e. The Balaban J connectivity index is 2.04. The van der Waals surface area contributed by atoms with Crippen molar-refractivity contribution in [3.05, 3.63) is 30.3 Å². The van der Waals surface area contributed by atoms with Crippen LogP contribution in [0.15, 0.2) is 24.3 Å². The van der Waals surface area contributed by atoms with E-state index in [9.17, 15) is 0 Å². The van der Waals surface area contributed by atoms with E-state index in [0.717, 1.165) is 6.54 Å². The van der Waals surface area contributed by atoms with E-state index >= 15 is 0 Å². The molecule has 1 aromatic carbocycles. The third kappa shape index (κ3) is 2.26. The fourth-order valence-corrected chi connectivity index (χ4v) is 1.89. The fraction of sp³-hybridized carbons (Fsp3) is 0.500. The number of benzene rings is 1. The Morgan fingerprint density at radius 1 is 1.07 bits per heavy atom. The smallest absolute Gasteiger partial charge is 0.0367 e. The largest absolute Gasteiger partial charge is 0.370 e. The lowest BCUT2D eigenvalue weighted by atomic mass is 10.3. The summed E-state index contributed by atoms with van der Waals surface area (Å²) in [5.74, 6) is 0. The molecule has 75 valence electrons. The van der Waals surface area contributed by atoms with E-state index < -0.39 is 0 Å². The fourth-order valence-electron chi connectivity index (χ4n) is 1.89. The normalized spacial score (nSPS) is 19.4. The van der Waals surface area contributed by atoms with Crippen molar-refractivity contribution in [1.82, 2.24) is 4.90 Å². The van der Waals surface area contributed by atoms with Crippen LogP contribution in [0.1, 0.15) is 6.42 Å². The molecule has 0 bridgehead atoms. The van der Waals surface area contributed by atoms with Gasteiger partial charge in [0, 0.05) is 25.3 Å². The average Bonchev–Trinajstić information content (AvgIpc) is 2.44. The average molecular weight is 189 g/mol. The molecule has 0 unspecified atom stereocenters. The van der Waals surface area contributed by atoms with Gasteiger partial charge in [0.05, 0.1) is 0 Å². The van der Waals surface area contributed by atoms with E-state index in [1.807, 2.05) is 12.1 Å². The lowest BCUT2D eigenvalue weighted by molar-refractivity contribution is 0.360. The van der Waals surface area contributed by atoms with Gasteiger partial charge in [0.2, 0.25) is 0 Å². The van der Waals surface area contributed by atoms with Crippen LogP contribution in [0.4, 0.5) is 5.69 Å². The van der Waals surface area contributed by atoms with Gasteiger partial charge >= 0.3 is 0 Å². The summed E-state index contributed by atoms with van der Waals surface area (Å²) in [6.07, 6.45) is 1.26. The predicted molar refractivity (Wildman–Crippen MR) is 59.6 cm³/mol. The molecule has 0 spiro atoms. The first-order valence-corrected chi connectivity index (χ1v) is 5.26. The SMILES string of the molecule is CN1CCCN(c2cc[c]cc2)CC1. The second kappa shape index (κ2) is 4.47. The zero-order valence-corrected chi connectivity index (χ0v) is 8.74. The maximum atomic E-state index is 3.06. The molecule has 0 aliphatic carbocycles. The maximum Gasteiger partial charge on any atom is 0.0367 e. The summed E-state index contributed by atoms with van der Waals surface area (Å²) in [6.45, 7) is 4.70. The third-order valence-corrected chi connectivity index (χ3v) is 2.79. The van der Waals surface area contributed by atoms with Crippen LogP contribution in [0.25, 0.3) is 0 Å². The van der Waals surface area contributed by atoms with Gasteiger partial charge in [-0.15, -0.1) is 0 Å². The summed E-state index contributed by atoms with van der Waals surface area (Å²) in [5, 5.41) is 0. The van der Waals surface area contributed by atoms with E-state index in [1.54, 1.807) is 0 Å². The molecule has 2 rings (SSSR count). The Morgan fingerprint density at radius 2 is 1.86 bits per heavy atom.